The highest BCUT2D eigenvalue weighted by atomic mass is 16.5. The summed E-state index contributed by atoms with van der Waals surface area (Å²) in [6.45, 7) is 13.9. The number of imide groups is 1. The molecule has 8 rings (SSSR count). The van der Waals surface area contributed by atoms with Crippen LogP contribution in [0.2, 0.25) is 0 Å². The number of hydrogen-bond donors (Lipinski definition) is 0. The molecule has 1 spiro atoms. The molecule has 52 heavy (non-hydrogen) atoms. The number of fused-ring (bicyclic) bond motifs is 6. The molecule has 3 amide bonds. The van der Waals surface area contributed by atoms with Crippen molar-refractivity contribution in [2.75, 3.05) is 47.4 Å². The van der Waals surface area contributed by atoms with Gasteiger partial charge in [0.15, 0.2) is 0 Å². The third-order valence-electron chi connectivity index (χ3n) is 11.0. The zero-order chi connectivity index (χ0) is 36.3. The summed E-state index contributed by atoms with van der Waals surface area (Å²) in [4.78, 5) is 50.6. The van der Waals surface area contributed by atoms with Gasteiger partial charge >= 0.3 is 0 Å². The standard InChI is InChI=1S/C44H42N4O4/c1-6-11-25-47-41(49)32-17-14-16-31-37(24-21-33(40(31)32)42(47)50)48-43(51)30-15-12-13-18-34(30)44(48)35-22-19-28(45(7-2)8-3)26-38(35)52-39-27-29(20-23-36(39)44)46(9-4)10-5/h6,11-24,26-27H,7-10,25H2,1-5H3/b11-6+. The second-order valence-corrected chi connectivity index (χ2v) is 13.4. The highest BCUT2D eigenvalue weighted by Gasteiger charge is 2.57. The van der Waals surface area contributed by atoms with Gasteiger partial charge in [0, 0.05) is 100 Å². The molecule has 8 nitrogen and oxygen atoms in total. The van der Waals surface area contributed by atoms with E-state index in [0.29, 0.717) is 44.6 Å². The minimum absolute atomic E-state index is 0.168. The molecule has 5 aromatic rings. The smallest absolute Gasteiger partial charge is 0.261 e. The topological polar surface area (TPSA) is 73.4 Å². The van der Waals surface area contributed by atoms with Crippen LogP contribution in [0.1, 0.15) is 82.4 Å². The molecule has 8 heteroatoms. The molecular formula is C44H42N4O4. The Balaban J connectivity index is 1.45. The number of nitrogens with zero attached hydrogens (tertiary/aromatic N) is 4. The fourth-order valence-electron chi connectivity index (χ4n) is 8.53. The lowest BCUT2D eigenvalue weighted by Crippen LogP contribution is -2.48. The van der Waals surface area contributed by atoms with Crippen molar-refractivity contribution in [1.29, 1.82) is 0 Å². The van der Waals surface area contributed by atoms with E-state index in [4.69, 9.17) is 4.74 Å². The fraction of sp³-hybridized carbons (Fsp3) is 0.250. The number of carbonyl (C=O) groups is 3. The molecule has 0 N–H and O–H groups in total. The van der Waals surface area contributed by atoms with Crippen molar-refractivity contribution in [1.82, 2.24) is 4.90 Å². The molecule has 0 atom stereocenters. The van der Waals surface area contributed by atoms with Gasteiger partial charge in [0.2, 0.25) is 0 Å². The number of carbonyl (C=O) groups excluding carboxylic acids is 3. The van der Waals surface area contributed by atoms with E-state index in [1.54, 1.807) is 18.2 Å². The molecular weight excluding hydrogens is 649 g/mol. The number of ether oxygens (including phenoxy) is 1. The third-order valence-corrected chi connectivity index (χ3v) is 11.0. The molecule has 3 aliphatic heterocycles. The molecule has 0 fully saturated rings. The van der Waals surface area contributed by atoms with Crippen molar-refractivity contribution in [2.24, 2.45) is 0 Å². The van der Waals surface area contributed by atoms with Gasteiger partial charge < -0.3 is 14.5 Å². The Kier molecular flexibility index (Phi) is 8.13. The molecule has 0 aromatic heterocycles. The Labute approximate surface area is 304 Å². The lowest BCUT2D eigenvalue weighted by Gasteiger charge is -2.45. The first kappa shape index (κ1) is 33.3. The summed E-state index contributed by atoms with van der Waals surface area (Å²) in [5.74, 6) is 0.489. The van der Waals surface area contributed by atoms with Crippen LogP contribution in [0.4, 0.5) is 17.1 Å². The number of anilines is 3. The number of hydrogen-bond acceptors (Lipinski definition) is 6. The van der Waals surface area contributed by atoms with E-state index in [-0.39, 0.29) is 24.3 Å². The Morgan fingerprint density at radius 1 is 0.635 bits per heavy atom. The fourth-order valence-corrected chi connectivity index (χ4v) is 8.53. The summed E-state index contributed by atoms with van der Waals surface area (Å²) in [6.07, 6.45) is 3.63. The van der Waals surface area contributed by atoms with Crippen molar-refractivity contribution in [3.05, 3.63) is 137 Å². The maximum atomic E-state index is 15.1. The van der Waals surface area contributed by atoms with Crippen LogP contribution in [0.3, 0.4) is 0 Å². The highest BCUT2D eigenvalue weighted by Crippen LogP contribution is 2.60. The first-order chi connectivity index (χ1) is 25.3. The van der Waals surface area contributed by atoms with Gasteiger partial charge in [-0.25, -0.2) is 0 Å². The van der Waals surface area contributed by atoms with Crippen LogP contribution < -0.4 is 19.4 Å². The molecule has 3 heterocycles. The van der Waals surface area contributed by atoms with Crippen LogP contribution in [0.15, 0.2) is 103 Å². The van der Waals surface area contributed by atoms with Gasteiger partial charge in [0.05, 0.1) is 5.69 Å². The molecule has 0 saturated heterocycles. The summed E-state index contributed by atoms with van der Waals surface area (Å²) < 4.78 is 6.89. The molecule has 0 aliphatic carbocycles. The van der Waals surface area contributed by atoms with Gasteiger partial charge in [-0.15, -0.1) is 0 Å². The SMILES string of the molecule is C/C=C/CN1C(=O)c2cccc3c(N4C(=O)c5ccccc5C45c4ccc(N(CC)CC)cc4Oc4cc(N(CC)CC)ccc45)ccc(c23)C1=O. The van der Waals surface area contributed by atoms with E-state index < -0.39 is 5.54 Å². The largest absolute Gasteiger partial charge is 0.456 e. The predicted octanol–water partition coefficient (Wildman–Crippen LogP) is 8.76. The zero-order valence-corrected chi connectivity index (χ0v) is 30.3. The number of amides is 3. The molecule has 0 unspecified atom stereocenters. The second kappa shape index (κ2) is 12.7. The Morgan fingerprint density at radius 3 is 1.81 bits per heavy atom. The quantitative estimate of drug-likeness (QED) is 0.114. The van der Waals surface area contributed by atoms with Crippen molar-refractivity contribution in [3.8, 4) is 11.5 Å². The van der Waals surface area contributed by atoms with Gasteiger partial charge in [0.25, 0.3) is 17.7 Å². The molecule has 5 aromatic carbocycles. The van der Waals surface area contributed by atoms with Crippen LogP contribution in [-0.2, 0) is 5.54 Å². The van der Waals surface area contributed by atoms with Crippen LogP contribution >= 0.6 is 0 Å². The average Bonchev–Trinajstić information content (AvgIpc) is 3.42. The lowest BCUT2D eigenvalue weighted by molar-refractivity contribution is 0.0628. The highest BCUT2D eigenvalue weighted by molar-refractivity contribution is 6.28. The van der Waals surface area contributed by atoms with E-state index in [1.807, 2.05) is 60.4 Å². The van der Waals surface area contributed by atoms with Crippen LogP contribution in [-0.4, -0.2) is 55.3 Å². The molecule has 0 radical (unpaired) electrons. The summed E-state index contributed by atoms with van der Waals surface area (Å²) in [6, 6.07) is 29.6. The van der Waals surface area contributed by atoms with Crippen molar-refractivity contribution in [3.63, 3.8) is 0 Å². The summed E-state index contributed by atoms with van der Waals surface area (Å²) in [5.41, 5.74) is 5.57. The molecule has 3 aliphatic rings. The molecule has 262 valence electrons. The van der Waals surface area contributed by atoms with Gasteiger partial charge in [0.1, 0.15) is 17.0 Å². The van der Waals surface area contributed by atoms with Gasteiger partial charge in [-0.1, -0.05) is 54.6 Å². The van der Waals surface area contributed by atoms with E-state index in [9.17, 15) is 9.59 Å². The van der Waals surface area contributed by atoms with Crippen molar-refractivity contribution in [2.45, 2.75) is 40.2 Å². The normalized spacial score (nSPS) is 15.3. The average molecular weight is 691 g/mol. The van der Waals surface area contributed by atoms with E-state index >= 15 is 4.79 Å². The minimum atomic E-state index is -1.12. The van der Waals surface area contributed by atoms with Crippen LogP contribution in [0.25, 0.3) is 10.8 Å². The maximum absolute atomic E-state index is 15.1. The second-order valence-electron chi connectivity index (χ2n) is 13.4. The lowest BCUT2D eigenvalue weighted by atomic mass is 9.74. The summed E-state index contributed by atoms with van der Waals surface area (Å²) >= 11 is 0. The van der Waals surface area contributed by atoms with Crippen LogP contribution in [0, 0.1) is 0 Å². The summed E-state index contributed by atoms with van der Waals surface area (Å²) in [5, 5.41) is 1.23. The maximum Gasteiger partial charge on any atom is 0.261 e. The monoisotopic (exact) mass is 690 g/mol. The predicted molar refractivity (Wildman–Crippen MR) is 207 cm³/mol. The van der Waals surface area contributed by atoms with Gasteiger partial charge in [-0.2, -0.15) is 0 Å². The number of benzene rings is 5. The Hall–Kier alpha value is -5.89. The zero-order valence-electron chi connectivity index (χ0n) is 30.3. The first-order valence-corrected chi connectivity index (χ1v) is 18.3. The molecule has 0 saturated carbocycles. The minimum Gasteiger partial charge on any atom is -0.456 e. The van der Waals surface area contributed by atoms with Gasteiger partial charge in [-0.05, 0) is 71.0 Å². The molecule has 0 bridgehead atoms. The van der Waals surface area contributed by atoms with E-state index in [2.05, 4.69) is 73.9 Å². The van der Waals surface area contributed by atoms with Gasteiger partial charge in [-0.3, -0.25) is 24.2 Å². The van der Waals surface area contributed by atoms with E-state index in [0.717, 1.165) is 54.2 Å². The van der Waals surface area contributed by atoms with Crippen molar-refractivity contribution >= 4 is 45.6 Å². The first-order valence-electron chi connectivity index (χ1n) is 18.3. The summed E-state index contributed by atoms with van der Waals surface area (Å²) in [7, 11) is 0. The van der Waals surface area contributed by atoms with Crippen LogP contribution in [0.5, 0.6) is 11.5 Å². The van der Waals surface area contributed by atoms with E-state index in [1.165, 1.54) is 4.90 Å². The Morgan fingerprint density at radius 2 is 1.21 bits per heavy atom. The Bertz CT molecular complexity index is 2240. The third kappa shape index (κ3) is 4.56. The number of rotatable bonds is 9. The number of allylic oxidation sites excluding steroid dienone is 1. The van der Waals surface area contributed by atoms with Crippen molar-refractivity contribution < 1.29 is 19.1 Å².